The molecule has 0 bridgehead atoms. The summed E-state index contributed by atoms with van der Waals surface area (Å²) in [7, 11) is -3.10. The minimum absolute atomic E-state index is 0.247. The summed E-state index contributed by atoms with van der Waals surface area (Å²) in [5, 5.41) is 0. The third-order valence-electron chi connectivity index (χ3n) is 3.06. The Balaban J connectivity index is 2.08. The van der Waals surface area contributed by atoms with Gasteiger partial charge in [-0.1, -0.05) is 37.5 Å². The van der Waals surface area contributed by atoms with Gasteiger partial charge < -0.3 is 0 Å². The zero-order valence-electron chi connectivity index (χ0n) is 9.35. The summed E-state index contributed by atoms with van der Waals surface area (Å²) in [5.74, 6) is 1.45. The fourth-order valence-electron chi connectivity index (χ4n) is 2.18. The van der Waals surface area contributed by atoms with Crippen molar-refractivity contribution in [3.63, 3.8) is 0 Å². The van der Waals surface area contributed by atoms with E-state index in [1.165, 1.54) is 12.3 Å². The summed E-state index contributed by atoms with van der Waals surface area (Å²) in [6.45, 7) is 0. The van der Waals surface area contributed by atoms with Crippen LogP contribution in [-0.2, 0) is 9.84 Å². The number of rotatable bonds is 3. The maximum Gasteiger partial charge on any atom is 0.178 e. The van der Waals surface area contributed by atoms with Gasteiger partial charge in [0.1, 0.15) is 0 Å². The van der Waals surface area contributed by atoms with Gasteiger partial charge in [-0.05, 0) is 30.9 Å². The molecular weight excluding hydrogens is 220 g/mol. The number of sulfone groups is 1. The lowest BCUT2D eigenvalue weighted by atomic mass is 9.91. The largest absolute Gasteiger partial charge is 0.224 e. The monoisotopic (exact) mass is 237 g/mol. The van der Waals surface area contributed by atoms with Gasteiger partial charge in [0.15, 0.2) is 9.84 Å². The zero-order chi connectivity index (χ0) is 11.4. The van der Waals surface area contributed by atoms with Crippen molar-refractivity contribution < 1.29 is 8.42 Å². The molecule has 1 aromatic carbocycles. The molecule has 0 atom stereocenters. The normalized spacial score (nSPS) is 18.5. The summed E-state index contributed by atoms with van der Waals surface area (Å²) in [4.78, 5) is 0.452. The van der Waals surface area contributed by atoms with E-state index in [2.05, 4.69) is 0 Å². The van der Waals surface area contributed by atoms with Crippen molar-refractivity contribution in [2.45, 2.75) is 37.0 Å². The van der Waals surface area contributed by atoms with Gasteiger partial charge in [-0.2, -0.15) is 0 Å². The second-order valence-corrected chi connectivity index (χ2v) is 6.37. The molecule has 87 valence electrons. The molecule has 1 saturated carbocycles. The molecule has 0 heterocycles. The number of benzene rings is 1. The van der Waals surface area contributed by atoms with Crippen molar-refractivity contribution in [2.75, 3.05) is 5.75 Å². The van der Waals surface area contributed by atoms with Crippen molar-refractivity contribution in [3.8, 4) is 0 Å². The van der Waals surface area contributed by atoms with Crippen LogP contribution in [0.25, 0.3) is 0 Å². The van der Waals surface area contributed by atoms with Gasteiger partial charge >= 0.3 is 0 Å². The molecule has 0 spiro atoms. The summed E-state index contributed by atoms with van der Waals surface area (Å²) < 4.78 is 24.2. The van der Waals surface area contributed by atoms with Crippen LogP contribution in [0.15, 0.2) is 35.2 Å². The van der Waals surface area contributed by atoms with E-state index in [4.69, 9.17) is 0 Å². The summed E-state index contributed by atoms with van der Waals surface area (Å²) in [5.41, 5.74) is 0. The van der Waals surface area contributed by atoms with Crippen LogP contribution in [-0.4, -0.2) is 14.2 Å². The average molecular weight is 237 g/mol. The van der Waals surface area contributed by atoms with E-state index >= 15 is 0 Å². The Labute approximate surface area is 97.6 Å². The Hall–Kier alpha value is -0.830. The van der Waals surface area contributed by atoms with E-state index in [0.29, 0.717) is 4.90 Å². The zero-order valence-corrected chi connectivity index (χ0v) is 10.2. The molecule has 2 rings (SSSR count). The molecule has 1 aliphatic rings. The molecular formula is C13H17O2S. The molecule has 16 heavy (non-hydrogen) atoms. The Morgan fingerprint density at radius 1 is 0.938 bits per heavy atom. The highest BCUT2D eigenvalue weighted by atomic mass is 32.2. The van der Waals surface area contributed by atoms with Crippen molar-refractivity contribution >= 4 is 9.84 Å². The van der Waals surface area contributed by atoms with Gasteiger partial charge in [-0.3, -0.25) is 0 Å². The first kappa shape index (κ1) is 11.6. The van der Waals surface area contributed by atoms with Crippen LogP contribution in [0.5, 0.6) is 0 Å². The maximum absolute atomic E-state index is 12.1. The molecule has 2 nitrogen and oxygen atoms in total. The molecule has 1 fully saturated rings. The summed E-state index contributed by atoms with van der Waals surface area (Å²) in [6, 6.07) is 8.75. The Bertz CT molecular complexity index is 417. The predicted molar refractivity (Wildman–Crippen MR) is 64.8 cm³/mol. The molecule has 1 radical (unpaired) electrons. The van der Waals surface area contributed by atoms with Gasteiger partial charge in [-0.15, -0.1) is 0 Å². The predicted octanol–water partition coefficient (Wildman–Crippen LogP) is 3.00. The fraction of sp³-hybridized carbons (Fsp3) is 0.462. The standard InChI is InChI=1S/C13H17O2S/c14-16(15,13-9-5-2-6-10-13)11-12-7-3-1-4-8-12/h2,5-6,9-10H,1,3-4,7-8,11H2. The van der Waals surface area contributed by atoms with E-state index in [-0.39, 0.29) is 5.75 Å². The van der Waals surface area contributed by atoms with Crippen LogP contribution in [0.3, 0.4) is 0 Å². The van der Waals surface area contributed by atoms with Crippen LogP contribution in [0.2, 0.25) is 0 Å². The number of hydrogen-bond donors (Lipinski definition) is 0. The highest BCUT2D eigenvalue weighted by Gasteiger charge is 2.22. The van der Waals surface area contributed by atoms with Crippen molar-refractivity contribution in [1.29, 1.82) is 0 Å². The Morgan fingerprint density at radius 3 is 2.19 bits per heavy atom. The maximum atomic E-state index is 12.1. The molecule has 0 aliphatic heterocycles. The SMILES string of the molecule is O=S(=O)(C[C]1CCCCC1)c1ccccc1. The first-order valence-corrected chi connectivity index (χ1v) is 7.45. The Kier molecular flexibility index (Phi) is 3.64. The first-order valence-electron chi connectivity index (χ1n) is 5.80. The second kappa shape index (κ2) is 5.00. The van der Waals surface area contributed by atoms with Gasteiger partial charge in [0.25, 0.3) is 0 Å². The molecule has 0 saturated heterocycles. The smallest absolute Gasteiger partial charge is 0.178 e. The molecule has 0 unspecified atom stereocenters. The van der Waals surface area contributed by atoms with Crippen LogP contribution >= 0.6 is 0 Å². The van der Waals surface area contributed by atoms with Gasteiger partial charge in [0.05, 0.1) is 10.6 Å². The van der Waals surface area contributed by atoms with E-state index in [1.807, 2.05) is 6.07 Å². The lowest BCUT2D eigenvalue weighted by Crippen LogP contribution is -2.17. The topological polar surface area (TPSA) is 34.1 Å². The lowest BCUT2D eigenvalue weighted by molar-refractivity contribution is 0.531. The highest BCUT2D eigenvalue weighted by Crippen LogP contribution is 2.28. The van der Waals surface area contributed by atoms with Crippen LogP contribution < -0.4 is 0 Å². The quantitative estimate of drug-likeness (QED) is 0.810. The third-order valence-corrected chi connectivity index (χ3v) is 4.84. The van der Waals surface area contributed by atoms with Crippen LogP contribution in [0, 0.1) is 5.92 Å². The molecule has 1 aliphatic carbocycles. The summed E-state index contributed by atoms with van der Waals surface area (Å²) in [6.07, 6.45) is 5.53. The van der Waals surface area contributed by atoms with Crippen molar-refractivity contribution in [3.05, 3.63) is 36.2 Å². The lowest BCUT2D eigenvalue weighted by Gasteiger charge is -2.20. The number of hydrogen-bond acceptors (Lipinski definition) is 2. The third kappa shape index (κ3) is 2.85. The fourth-order valence-corrected chi connectivity index (χ4v) is 3.74. The molecule has 0 amide bonds. The average Bonchev–Trinajstić information content (AvgIpc) is 2.31. The molecule has 0 N–H and O–H groups in total. The Morgan fingerprint density at radius 2 is 1.56 bits per heavy atom. The van der Waals surface area contributed by atoms with Gasteiger partial charge in [-0.25, -0.2) is 8.42 Å². The summed E-state index contributed by atoms with van der Waals surface area (Å²) >= 11 is 0. The molecule has 3 heteroatoms. The van der Waals surface area contributed by atoms with Gasteiger partial charge in [0.2, 0.25) is 0 Å². The first-order chi connectivity index (χ1) is 7.68. The minimum Gasteiger partial charge on any atom is -0.224 e. The van der Waals surface area contributed by atoms with Crippen LogP contribution in [0.1, 0.15) is 32.1 Å². The van der Waals surface area contributed by atoms with E-state index < -0.39 is 9.84 Å². The molecule has 0 aromatic heterocycles. The molecule has 1 aromatic rings. The van der Waals surface area contributed by atoms with E-state index in [0.717, 1.165) is 25.7 Å². The highest BCUT2D eigenvalue weighted by molar-refractivity contribution is 7.91. The van der Waals surface area contributed by atoms with Crippen LogP contribution in [0.4, 0.5) is 0 Å². The minimum atomic E-state index is -3.10. The second-order valence-electron chi connectivity index (χ2n) is 4.38. The van der Waals surface area contributed by atoms with E-state index in [1.54, 1.807) is 24.3 Å². The van der Waals surface area contributed by atoms with Crippen molar-refractivity contribution in [1.82, 2.24) is 0 Å². The van der Waals surface area contributed by atoms with Gasteiger partial charge in [0, 0.05) is 0 Å². The van der Waals surface area contributed by atoms with E-state index in [9.17, 15) is 8.42 Å². The van der Waals surface area contributed by atoms with Crippen molar-refractivity contribution in [2.24, 2.45) is 0 Å².